The third-order valence-corrected chi connectivity index (χ3v) is 5.69. The van der Waals surface area contributed by atoms with Gasteiger partial charge >= 0.3 is 0 Å². The van der Waals surface area contributed by atoms with Crippen LogP contribution in [0.4, 0.5) is 0 Å². The molecule has 1 aromatic carbocycles. The predicted octanol–water partition coefficient (Wildman–Crippen LogP) is 1.79. The fourth-order valence-electron chi connectivity index (χ4n) is 2.24. The standard InChI is InChI=1S/C14H22N2O2S/c1-3-12(2)13-4-6-14(7-5-13)19(17,18)16-10-8-15-9-11-16/h4-7,12,15H,3,8-11H2,1-2H3/t12-/m0/s1. The van der Waals surface area contributed by atoms with E-state index in [4.69, 9.17) is 0 Å². The smallest absolute Gasteiger partial charge is 0.243 e. The van der Waals surface area contributed by atoms with Crippen LogP contribution in [0.3, 0.4) is 0 Å². The molecule has 1 atom stereocenters. The van der Waals surface area contributed by atoms with Gasteiger partial charge in [-0.05, 0) is 30.0 Å². The van der Waals surface area contributed by atoms with Crippen LogP contribution in [0.25, 0.3) is 0 Å². The Labute approximate surface area is 115 Å². The summed E-state index contributed by atoms with van der Waals surface area (Å²) in [6.45, 7) is 6.84. The van der Waals surface area contributed by atoms with Crippen molar-refractivity contribution in [3.63, 3.8) is 0 Å². The van der Waals surface area contributed by atoms with Crippen molar-refractivity contribution in [2.45, 2.75) is 31.1 Å². The van der Waals surface area contributed by atoms with Crippen LogP contribution in [-0.4, -0.2) is 38.9 Å². The Bertz CT molecular complexity index is 505. The van der Waals surface area contributed by atoms with E-state index < -0.39 is 10.0 Å². The number of piperazine rings is 1. The number of benzene rings is 1. The highest BCUT2D eigenvalue weighted by atomic mass is 32.2. The molecule has 0 amide bonds. The fourth-order valence-corrected chi connectivity index (χ4v) is 3.68. The Morgan fingerprint density at radius 1 is 1.21 bits per heavy atom. The van der Waals surface area contributed by atoms with Crippen molar-refractivity contribution in [3.8, 4) is 0 Å². The summed E-state index contributed by atoms with van der Waals surface area (Å²) in [5.74, 6) is 0.468. The average Bonchev–Trinajstić information content (AvgIpc) is 2.47. The lowest BCUT2D eigenvalue weighted by Gasteiger charge is -2.26. The van der Waals surface area contributed by atoms with Crippen molar-refractivity contribution in [3.05, 3.63) is 29.8 Å². The monoisotopic (exact) mass is 282 g/mol. The van der Waals surface area contributed by atoms with Crippen LogP contribution >= 0.6 is 0 Å². The van der Waals surface area contributed by atoms with E-state index in [1.807, 2.05) is 12.1 Å². The van der Waals surface area contributed by atoms with E-state index in [1.165, 1.54) is 5.56 Å². The molecular formula is C14H22N2O2S. The molecule has 1 saturated heterocycles. The summed E-state index contributed by atoms with van der Waals surface area (Å²) in [5, 5.41) is 3.16. The molecule has 1 aliphatic rings. The molecule has 1 aliphatic heterocycles. The summed E-state index contributed by atoms with van der Waals surface area (Å²) >= 11 is 0. The normalized spacial score (nSPS) is 19.3. The van der Waals surface area contributed by atoms with Gasteiger partial charge in [0.25, 0.3) is 0 Å². The third-order valence-electron chi connectivity index (χ3n) is 3.78. The molecule has 1 fully saturated rings. The molecule has 0 radical (unpaired) electrons. The number of nitrogens with zero attached hydrogens (tertiary/aromatic N) is 1. The Kier molecular flexibility index (Phi) is 4.60. The van der Waals surface area contributed by atoms with Gasteiger partial charge in [-0.1, -0.05) is 26.0 Å². The molecule has 0 unspecified atom stereocenters. The second-order valence-electron chi connectivity index (χ2n) is 5.03. The molecule has 4 nitrogen and oxygen atoms in total. The summed E-state index contributed by atoms with van der Waals surface area (Å²) < 4.78 is 26.4. The summed E-state index contributed by atoms with van der Waals surface area (Å²) in [7, 11) is -3.32. The highest BCUT2D eigenvalue weighted by Gasteiger charge is 2.25. The maximum atomic E-state index is 12.4. The zero-order chi connectivity index (χ0) is 13.9. The van der Waals surface area contributed by atoms with Gasteiger partial charge in [0.15, 0.2) is 0 Å². The Balaban J connectivity index is 2.21. The number of nitrogens with one attached hydrogen (secondary N) is 1. The maximum absolute atomic E-state index is 12.4. The molecule has 1 aromatic rings. The minimum atomic E-state index is -3.32. The third kappa shape index (κ3) is 3.16. The van der Waals surface area contributed by atoms with Gasteiger partial charge in [0.2, 0.25) is 10.0 Å². The van der Waals surface area contributed by atoms with Crippen LogP contribution in [0, 0.1) is 0 Å². The Morgan fingerprint density at radius 3 is 2.32 bits per heavy atom. The number of hydrogen-bond donors (Lipinski definition) is 1. The highest BCUT2D eigenvalue weighted by Crippen LogP contribution is 2.22. The number of sulfonamides is 1. The van der Waals surface area contributed by atoms with Crippen molar-refractivity contribution in [2.24, 2.45) is 0 Å². The second kappa shape index (κ2) is 6.03. The maximum Gasteiger partial charge on any atom is 0.243 e. The SMILES string of the molecule is CC[C@H](C)c1ccc(S(=O)(=O)N2CCNCC2)cc1. The first-order valence-corrected chi connectivity index (χ1v) is 8.30. The fraction of sp³-hybridized carbons (Fsp3) is 0.571. The first-order chi connectivity index (χ1) is 9.05. The molecule has 0 aromatic heterocycles. The second-order valence-corrected chi connectivity index (χ2v) is 6.97. The number of hydrogen-bond acceptors (Lipinski definition) is 3. The van der Waals surface area contributed by atoms with Gasteiger partial charge in [-0.3, -0.25) is 0 Å². The average molecular weight is 282 g/mol. The van der Waals surface area contributed by atoms with E-state index in [0.29, 0.717) is 23.9 Å². The lowest BCUT2D eigenvalue weighted by atomic mass is 9.99. The molecule has 2 rings (SSSR count). The van der Waals surface area contributed by atoms with Gasteiger partial charge < -0.3 is 5.32 Å². The van der Waals surface area contributed by atoms with Crippen LogP contribution in [0.5, 0.6) is 0 Å². The molecular weight excluding hydrogens is 260 g/mol. The minimum Gasteiger partial charge on any atom is -0.314 e. The molecule has 19 heavy (non-hydrogen) atoms. The molecule has 0 aliphatic carbocycles. The van der Waals surface area contributed by atoms with Crippen LogP contribution in [-0.2, 0) is 10.0 Å². The van der Waals surface area contributed by atoms with E-state index in [2.05, 4.69) is 19.2 Å². The zero-order valence-corrected chi connectivity index (χ0v) is 12.4. The van der Waals surface area contributed by atoms with Crippen LogP contribution in [0.1, 0.15) is 31.7 Å². The van der Waals surface area contributed by atoms with Crippen LogP contribution < -0.4 is 5.32 Å². The number of rotatable bonds is 4. The van der Waals surface area contributed by atoms with Gasteiger partial charge in [-0.2, -0.15) is 4.31 Å². The molecule has 106 valence electrons. The lowest BCUT2D eigenvalue weighted by Crippen LogP contribution is -2.46. The minimum absolute atomic E-state index is 0.404. The molecule has 1 heterocycles. The molecule has 5 heteroatoms. The topological polar surface area (TPSA) is 49.4 Å². The summed E-state index contributed by atoms with van der Waals surface area (Å²) in [4.78, 5) is 0.404. The molecule has 0 saturated carbocycles. The lowest BCUT2D eigenvalue weighted by molar-refractivity contribution is 0.360. The van der Waals surface area contributed by atoms with Gasteiger partial charge in [-0.15, -0.1) is 0 Å². The van der Waals surface area contributed by atoms with E-state index in [0.717, 1.165) is 19.5 Å². The van der Waals surface area contributed by atoms with Crippen molar-refractivity contribution in [1.82, 2.24) is 9.62 Å². The van der Waals surface area contributed by atoms with Gasteiger partial charge in [-0.25, -0.2) is 8.42 Å². The van der Waals surface area contributed by atoms with Crippen molar-refractivity contribution < 1.29 is 8.42 Å². The van der Waals surface area contributed by atoms with E-state index in [9.17, 15) is 8.42 Å². The van der Waals surface area contributed by atoms with Gasteiger partial charge in [0, 0.05) is 26.2 Å². The van der Waals surface area contributed by atoms with Gasteiger partial charge in [0.1, 0.15) is 0 Å². The molecule has 0 spiro atoms. The highest BCUT2D eigenvalue weighted by molar-refractivity contribution is 7.89. The summed E-state index contributed by atoms with van der Waals surface area (Å²) in [5.41, 5.74) is 1.20. The van der Waals surface area contributed by atoms with E-state index in [1.54, 1.807) is 16.4 Å². The Hall–Kier alpha value is -0.910. The van der Waals surface area contributed by atoms with Crippen LogP contribution in [0.2, 0.25) is 0 Å². The first-order valence-electron chi connectivity index (χ1n) is 6.86. The van der Waals surface area contributed by atoms with E-state index in [-0.39, 0.29) is 0 Å². The predicted molar refractivity (Wildman–Crippen MR) is 76.8 cm³/mol. The van der Waals surface area contributed by atoms with E-state index >= 15 is 0 Å². The van der Waals surface area contributed by atoms with Crippen molar-refractivity contribution in [2.75, 3.05) is 26.2 Å². The zero-order valence-electron chi connectivity index (χ0n) is 11.6. The van der Waals surface area contributed by atoms with Crippen molar-refractivity contribution in [1.29, 1.82) is 0 Å². The summed E-state index contributed by atoms with van der Waals surface area (Å²) in [6.07, 6.45) is 1.06. The summed E-state index contributed by atoms with van der Waals surface area (Å²) in [6, 6.07) is 7.34. The largest absolute Gasteiger partial charge is 0.314 e. The quantitative estimate of drug-likeness (QED) is 0.916. The first kappa shape index (κ1) is 14.5. The molecule has 0 bridgehead atoms. The molecule has 1 N–H and O–H groups in total. The van der Waals surface area contributed by atoms with Crippen molar-refractivity contribution >= 4 is 10.0 Å². The Morgan fingerprint density at radius 2 is 1.79 bits per heavy atom. The van der Waals surface area contributed by atoms with Gasteiger partial charge in [0.05, 0.1) is 4.90 Å². The van der Waals surface area contributed by atoms with Crippen LogP contribution in [0.15, 0.2) is 29.2 Å².